The lowest BCUT2D eigenvalue weighted by Crippen LogP contribution is -2.42. The number of thiocarbonyl (C=S) groups is 1. The lowest BCUT2D eigenvalue weighted by atomic mass is 9.83. The fraction of sp³-hybridized carbons (Fsp3) is 0.467. The molecule has 4 N–H and O–H groups in total. The Kier molecular flexibility index (Phi) is 9.85. The third-order valence-corrected chi connectivity index (χ3v) is 7.82. The van der Waals surface area contributed by atoms with Crippen LogP contribution in [0.3, 0.4) is 0 Å². The van der Waals surface area contributed by atoms with Crippen LogP contribution in [0.2, 0.25) is 0 Å². The molecule has 1 atom stereocenters. The Morgan fingerprint density at radius 3 is 2.62 bits per heavy atom. The molecule has 3 aromatic rings. The molecule has 4 rings (SSSR count). The first-order valence-corrected chi connectivity index (χ1v) is 14.4. The van der Waals surface area contributed by atoms with Crippen LogP contribution in [0.15, 0.2) is 36.7 Å². The van der Waals surface area contributed by atoms with Crippen LogP contribution in [-0.2, 0) is 4.79 Å². The van der Waals surface area contributed by atoms with Gasteiger partial charge in [0, 0.05) is 30.6 Å². The molecule has 0 saturated heterocycles. The number of nitrogens with one attached hydrogen (secondary N) is 3. The van der Waals surface area contributed by atoms with Gasteiger partial charge >= 0.3 is 0 Å². The monoisotopic (exact) mass is 593 g/mol. The fourth-order valence-electron chi connectivity index (χ4n) is 5.03. The molecule has 0 unspecified atom stereocenters. The third-order valence-electron chi connectivity index (χ3n) is 7.51. The van der Waals surface area contributed by atoms with Crippen LogP contribution in [0, 0.1) is 17.2 Å². The maximum atomic E-state index is 14.4. The Labute approximate surface area is 249 Å². The molecule has 0 radical (unpaired) electrons. The zero-order valence-electron chi connectivity index (χ0n) is 24.0. The van der Waals surface area contributed by atoms with Crippen molar-refractivity contribution >= 4 is 40.1 Å². The predicted octanol–water partition coefficient (Wildman–Crippen LogP) is 3.97. The molecule has 0 aliphatic heterocycles. The number of nitriles is 1. The van der Waals surface area contributed by atoms with Crippen molar-refractivity contribution in [3.63, 3.8) is 0 Å². The summed E-state index contributed by atoms with van der Waals surface area (Å²) in [6.07, 6.45) is 5.69. The molecule has 1 aliphatic carbocycles. The number of anilines is 1. The number of halogens is 1. The van der Waals surface area contributed by atoms with Crippen molar-refractivity contribution in [3.8, 4) is 17.5 Å². The average molecular weight is 594 g/mol. The summed E-state index contributed by atoms with van der Waals surface area (Å²) in [5, 5.41) is 32.4. The number of alkyl halides is 1. The molecule has 10 nitrogen and oxygen atoms in total. The Balaban J connectivity index is 1.53. The summed E-state index contributed by atoms with van der Waals surface area (Å²) in [6.45, 7) is 4.25. The van der Waals surface area contributed by atoms with Crippen LogP contribution in [0.25, 0.3) is 16.9 Å². The van der Waals surface area contributed by atoms with E-state index in [4.69, 9.17) is 12.2 Å². The van der Waals surface area contributed by atoms with Gasteiger partial charge < -0.3 is 21.1 Å². The molecule has 0 spiro atoms. The number of carbonyl (C=O) groups excluding carboxylic acids is 2. The first kappa shape index (κ1) is 31.0. The molecule has 0 bridgehead atoms. The smallest absolute Gasteiger partial charge is 0.255 e. The van der Waals surface area contributed by atoms with Gasteiger partial charge in [0.15, 0.2) is 0 Å². The maximum absolute atomic E-state index is 14.4. The van der Waals surface area contributed by atoms with E-state index in [-0.39, 0.29) is 24.1 Å². The number of aliphatic hydroxyl groups is 1. The normalized spacial score (nSPS) is 17.7. The van der Waals surface area contributed by atoms with Gasteiger partial charge in [-0.3, -0.25) is 14.6 Å². The van der Waals surface area contributed by atoms with E-state index in [2.05, 4.69) is 32.1 Å². The molecule has 1 aliphatic rings. The van der Waals surface area contributed by atoms with Crippen molar-refractivity contribution in [2.24, 2.45) is 5.92 Å². The molecule has 2 amide bonds. The van der Waals surface area contributed by atoms with Gasteiger partial charge in [0.25, 0.3) is 5.91 Å². The van der Waals surface area contributed by atoms with E-state index in [0.717, 1.165) is 42.5 Å². The Morgan fingerprint density at radius 2 is 1.95 bits per heavy atom. The van der Waals surface area contributed by atoms with Gasteiger partial charge in [-0.25, -0.2) is 8.91 Å². The molecule has 0 aromatic carbocycles. The molecule has 12 heteroatoms. The lowest BCUT2D eigenvalue weighted by molar-refractivity contribution is -0.118. The van der Waals surface area contributed by atoms with Crippen molar-refractivity contribution in [2.75, 3.05) is 18.4 Å². The number of fused-ring (bicyclic) bond motifs is 1. The van der Waals surface area contributed by atoms with E-state index in [0.29, 0.717) is 35.1 Å². The van der Waals surface area contributed by atoms with Crippen LogP contribution in [0.5, 0.6) is 0 Å². The highest BCUT2D eigenvalue weighted by molar-refractivity contribution is 7.80. The van der Waals surface area contributed by atoms with E-state index in [9.17, 15) is 24.3 Å². The number of rotatable bonds is 11. The largest absolute Gasteiger partial charge is 0.387 e. The standard InChI is InChI=1S/C30H36FN7O3S/c1-18(39)33-15-23(42)11-19-4-6-21(7-5-19)37-25-12-26(27-9-8-22-10-20(13-32)14-36-38(22)27)34-16-24(25)29(40)35-17-28(31)30(2,3)41/h8-10,12,14,16,19,21,28,41H,4-7,11,15,17H2,1-3H3,(H,33,39)(H,34,37)(H,35,40)/t19?,21?,28-/m1/s1. The van der Waals surface area contributed by atoms with Gasteiger partial charge in [-0.1, -0.05) is 12.2 Å². The second-order valence-electron chi connectivity index (χ2n) is 11.4. The summed E-state index contributed by atoms with van der Waals surface area (Å²) >= 11 is 5.45. The van der Waals surface area contributed by atoms with Gasteiger partial charge in [0.05, 0.1) is 52.1 Å². The highest BCUT2D eigenvalue weighted by Crippen LogP contribution is 2.32. The van der Waals surface area contributed by atoms with Crippen molar-refractivity contribution in [1.82, 2.24) is 25.2 Å². The third kappa shape index (κ3) is 7.86. The van der Waals surface area contributed by atoms with Crippen LogP contribution in [-0.4, -0.2) is 67.3 Å². The van der Waals surface area contributed by atoms with Crippen LogP contribution in [0.1, 0.15) is 68.8 Å². The van der Waals surface area contributed by atoms with Crippen LogP contribution >= 0.6 is 12.2 Å². The summed E-state index contributed by atoms with van der Waals surface area (Å²) in [4.78, 5) is 29.7. The quantitative estimate of drug-likeness (QED) is 0.245. The van der Waals surface area contributed by atoms with E-state index in [1.54, 1.807) is 16.6 Å². The number of hydrogen-bond donors (Lipinski definition) is 4. The summed E-state index contributed by atoms with van der Waals surface area (Å²) in [5.41, 5.74) is 1.67. The predicted molar refractivity (Wildman–Crippen MR) is 162 cm³/mol. The van der Waals surface area contributed by atoms with E-state index < -0.39 is 17.7 Å². The number of hydrogen-bond acceptors (Lipinski definition) is 8. The first-order chi connectivity index (χ1) is 19.9. The number of aromatic nitrogens is 3. The number of amides is 2. The van der Waals surface area contributed by atoms with Gasteiger partial charge in [-0.2, -0.15) is 10.4 Å². The average Bonchev–Trinajstić information content (AvgIpc) is 3.38. The summed E-state index contributed by atoms with van der Waals surface area (Å²) in [7, 11) is 0. The van der Waals surface area contributed by atoms with Crippen LogP contribution in [0.4, 0.5) is 10.1 Å². The summed E-state index contributed by atoms with van der Waals surface area (Å²) < 4.78 is 16.1. The van der Waals surface area contributed by atoms with Gasteiger partial charge in [0.1, 0.15) is 12.2 Å². The molecule has 1 fully saturated rings. The Hall–Kier alpha value is -3.95. The summed E-state index contributed by atoms with van der Waals surface area (Å²) in [5.74, 6) is -0.170. The van der Waals surface area contributed by atoms with Crippen molar-refractivity contribution < 1.29 is 19.1 Å². The molecule has 222 valence electrons. The molecule has 3 heterocycles. The van der Waals surface area contributed by atoms with Crippen molar-refractivity contribution in [3.05, 3.63) is 47.8 Å². The van der Waals surface area contributed by atoms with Gasteiger partial charge in [-0.15, -0.1) is 0 Å². The molecular weight excluding hydrogens is 557 g/mol. The van der Waals surface area contributed by atoms with Crippen molar-refractivity contribution in [1.29, 1.82) is 5.26 Å². The first-order valence-electron chi connectivity index (χ1n) is 14.0. The SMILES string of the molecule is CC(=O)NCC(=S)CC1CCC(Nc2cc(-c3ccc4cc(C#N)cnn34)ncc2C(=O)NC[C@@H](F)C(C)(C)O)CC1. The van der Waals surface area contributed by atoms with Crippen molar-refractivity contribution in [2.45, 2.75) is 70.7 Å². The fourth-order valence-corrected chi connectivity index (χ4v) is 5.33. The molecule has 3 aromatic heterocycles. The van der Waals surface area contributed by atoms with Gasteiger partial charge in [0.2, 0.25) is 5.91 Å². The maximum Gasteiger partial charge on any atom is 0.255 e. The minimum atomic E-state index is -1.64. The Bertz CT molecular complexity index is 1500. The highest BCUT2D eigenvalue weighted by atomic mass is 32.1. The number of nitrogens with zero attached hydrogens (tertiary/aromatic N) is 4. The minimum absolute atomic E-state index is 0.0950. The molecule has 42 heavy (non-hydrogen) atoms. The lowest BCUT2D eigenvalue weighted by Gasteiger charge is -2.30. The zero-order chi connectivity index (χ0) is 30.4. The Morgan fingerprint density at radius 1 is 1.21 bits per heavy atom. The second kappa shape index (κ2) is 13.4. The topological polar surface area (TPSA) is 144 Å². The highest BCUT2D eigenvalue weighted by Gasteiger charge is 2.28. The molecule has 1 saturated carbocycles. The zero-order valence-corrected chi connectivity index (χ0v) is 24.8. The number of pyridine rings is 1. The van der Waals surface area contributed by atoms with Crippen LogP contribution < -0.4 is 16.0 Å². The molecular formula is C30H36FN7O3S. The van der Waals surface area contributed by atoms with E-state index in [1.165, 1.54) is 33.2 Å². The van der Waals surface area contributed by atoms with E-state index in [1.807, 2.05) is 12.1 Å². The minimum Gasteiger partial charge on any atom is -0.387 e. The number of carbonyl (C=O) groups is 2. The van der Waals surface area contributed by atoms with Gasteiger partial charge in [-0.05, 0) is 76.1 Å². The summed E-state index contributed by atoms with van der Waals surface area (Å²) in [6, 6.07) is 9.38. The van der Waals surface area contributed by atoms with E-state index >= 15 is 0 Å². The second-order valence-corrected chi connectivity index (χ2v) is 11.9.